The van der Waals surface area contributed by atoms with E-state index in [4.69, 9.17) is 0 Å². The van der Waals surface area contributed by atoms with Crippen LogP contribution in [0.15, 0.2) is 30.9 Å². The van der Waals surface area contributed by atoms with Crippen LogP contribution in [-0.2, 0) is 15.6 Å². The average Bonchev–Trinajstić information content (AvgIpc) is 3.24. The van der Waals surface area contributed by atoms with Gasteiger partial charge in [-0.3, -0.25) is 4.68 Å². The van der Waals surface area contributed by atoms with Crippen molar-refractivity contribution in [3.05, 3.63) is 36.4 Å². The molecule has 4 heterocycles. The van der Waals surface area contributed by atoms with Gasteiger partial charge in [0, 0.05) is 48.2 Å². The number of aromatic nitrogens is 4. The molecule has 0 unspecified atom stereocenters. The molecule has 3 aromatic rings. The summed E-state index contributed by atoms with van der Waals surface area (Å²) in [5.74, 6) is 0. The van der Waals surface area contributed by atoms with E-state index in [1.54, 1.807) is 23.3 Å². The Morgan fingerprint density at radius 1 is 1.33 bits per heavy atom. The number of aromatic amines is 1. The molecular weight excluding hydrogens is 366 g/mol. The molecule has 27 heavy (non-hydrogen) atoms. The standard InChI is InChI=1S/C17H15N7O2S/c1-27(25,26)23-10-17(11-23,3-4-18)24-9-13(8-22-24)15-12(6-19)7-21-16-14(15)2-5-20-16/h2,5,7-9H,3,10-11H2,1H3,(H,20,21). The second kappa shape index (κ2) is 5.91. The molecule has 1 N–H and O–H groups in total. The number of rotatable bonds is 4. The molecule has 4 rings (SSSR count). The Hall–Kier alpha value is -3.21. The fraction of sp³-hybridized carbons (Fsp3) is 0.294. The van der Waals surface area contributed by atoms with E-state index in [2.05, 4.69) is 27.2 Å². The molecule has 0 atom stereocenters. The first-order chi connectivity index (χ1) is 12.9. The van der Waals surface area contributed by atoms with Gasteiger partial charge in [0.1, 0.15) is 17.3 Å². The van der Waals surface area contributed by atoms with Gasteiger partial charge in [-0.25, -0.2) is 13.4 Å². The summed E-state index contributed by atoms with van der Waals surface area (Å²) in [6.45, 7) is 0.392. The van der Waals surface area contributed by atoms with Crippen LogP contribution in [0.25, 0.3) is 22.2 Å². The van der Waals surface area contributed by atoms with Crippen LogP contribution in [-0.4, -0.2) is 51.8 Å². The van der Waals surface area contributed by atoms with Crippen molar-refractivity contribution in [2.24, 2.45) is 0 Å². The Morgan fingerprint density at radius 3 is 2.78 bits per heavy atom. The normalized spacial score (nSPS) is 16.6. The summed E-state index contributed by atoms with van der Waals surface area (Å²) >= 11 is 0. The van der Waals surface area contributed by atoms with Gasteiger partial charge in [-0.15, -0.1) is 0 Å². The van der Waals surface area contributed by atoms with Crippen LogP contribution in [0.4, 0.5) is 0 Å². The van der Waals surface area contributed by atoms with Gasteiger partial charge >= 0.3 is 0 Å². The van der Waals surface area contributed by atoms with Gasteiger partial charge < -0.3 is 4.98 Å². The highest BCUT2D eigenvalue weighted by molar-refractivity contribution is 7.88. The monoisotopic (exact) mass is 381 g/mol. The first-order valence-corrected chi connectivity index (χ1v) is 9.96. The molecule has 0 saturated carbocycles. The summed E-state index contributed by atoms with van der Waals surface area (Å²) in [5.41, 5.74) is 1.81. The minimum absolute atomic E-state index is 0.140. The summed E-state index contributed by atoms with van der Waals surface area (Å²) in [4.78, 5) is 7.24. The topological polar surface area (TPSA) is 131 Å². The SMILES string of the molecule is CS(=O)(=O)N1CC(CC#N)(n2cc(-c3c(C#N)cnc4[nH]ccc34)cn2)C1. The average molecular weight is 381 g/mol. The second-order valence-electron chi connectivity index (χ2n) is 6.66. The summed E-state index contributed by atoms with van der Waals surface area (Å²) in [5, 5.41) is 23.9. The molecule has 0 radical (unpaired) electrons. The van der Waals surface area contributed by atoms with Gasteiger partial charge in [0.2, 0.25) is 10.0 Å². The van der Waals surface area contributed by atoms with Gasteiger partial charge in [0.25, 0.3) is 0 Å². The summed E-state index contributed by atoms with van der Waals surface area (Å²) in [7, 11) is -3.31. The van der Waals surface area contributed by atoms with Gasteiger partial charge in [0.15, 0.2) is 0 Å². The van der Waals surface area contributed by atoms with E-state index in [1.807, 2.05) is 6.07 Å². The number of nitriles is 2. The van der Waals surface area contributed by atoms with Crippen molar-refractivity contribution in [3.8, 4) is 23.3 Å². The van der Waals surface area contributed by atoms with E-state index in [1.165, 1.54) is 10.5 Å². The third kappa shape index (κ3) is 2.67. The van der Waals surface area contributed by atoms with E-state index >= 15 is 0 Å². The molecule has 136 valence electrons. The molecule has 0 amide bonds. The third-order valence-electron chi connectivity index (χ3n) is 4.88. The quantitative estimate of drug-likeness (QED) is 0.722. The van der Waals surface area contributed by atoms with Gasteiger partial charge in [-0.2, -0.15) is 19.9 Å². The van der Waals surface area contributed by atoms with Crippen molar-refractivity contribution in [1.82, 2.24) is 24.1 Å². The molecule has 1 aliphatic rings. The molecule has 3 aromatic heterocycles. The van der Waals surface area contributed by atoms with Crippen LogP contribution in [0.1, 0.15) is 12.0 Å². The fourth-order valence-corrected chi connectivity index (χ4v) is 4.39. The highest BCUT2D eigenvalue weighted by Gasteiger charge is 2.49. The molecule has 0 aliphatic carbocycles. The van der Waals surface area contributed by atoms with Gasteiger partial charge in [-0.1, -0.05) is 0 Å². The zero-order valence-electron chi connectivity index (χ0n) is 14.4. The molecular formula is C17H15N7O2S. The smallest absolute Gasteiger partial charge is 0.211 e. The number of nitrogens with one attached hydrogen (secondary N) is 1. The Morgan fingerprint density at radius 2 is 2.11 bits per heavy atom. The molecule has 10 heteroatoms. The summed E-state index contributed by atoms with van der Waals surface area (Å²) in [6.07, 6.45) is 7.94. The van der Waals surface area contributed by atoms with E-state index in [0.29, 0.717) is 22.3 Å². The predicted octanol–water partition coefficient (Wildman–Crippen LogP) is 1.18. The zero-order chi connectivity index (χ0) is 19.2. The minimum Gasteiger partial charge on any atom is -0.346 e. The van der Waals surface area contributed by atoms with Crippen molar-refractivity contribution in [3.63, 3.8) is 0 Å². The highest BCUT2D eigenvalue weighted by atomic mass is 32.2. The Labute approximate surface area is 155 Å². The van der Waals surface area contributed by atoms with E-state index in [0.717, 1.165) is 11.6 Å². The first-order valence-electron chi connectivity index (χ1n) is 8.12. The van der Waals surface area contributed by atoms with E-state index < -0.39 is 15.6 Å². The lowest BCUT2D eigenvalue weighted by Gasteiger charge is -2.47. The van der Waals surface area contributed by atoms with Gasteiger partial charge in [-0.05, 0) is 6.07 Å². The molecule has 0 spiro atoms. The summed E-state index contributed by atoms with van der Waals surface area (Å²) in [6, 6.07) is 6.12. The van der Waals surface area contributed by atoms with E-state index in [9.17, 15) is 18.9 Å². The largest absolute Gasteiger partial charge is 0.346 e. The summed E-state index contributed by atoms with van der Waals surface area (Å²) < 4.78 is 26.4. The van der Waals surface area contributed by atoms with Crippen molar-refractivity contribution in [1.29, 1.82) is 10.5 Å². The lowest BCUT2D eigenvalue weighted by molar-refractivity contribution is 0.0724. The second-order valence-corrected chi connectivity index (χ2v) is 8.64. The maximum absolute atomic E-state index is 11.7. The third-order valence-corrected chi connectivity index (χ3v) is 6.08. The van der Waals surface area contributed by atoms with Crippen molar-refractivity contribution in [2.45, 2.75) is 12.0 Å². The van der Waals surface area contributed by atoms with Crippen molar-refractivity contribution in [2.75, 3.05) is 19.3 Å². The maximum atomic E-state index is 11.7. The Balaban J connectivity index is 1.78. The van der Waals surface area contributed by atoms with Gasteiger partial charge in [0.05, 0.1) is 30.5 Å². The Bertz CT molecular complexity index is 1220. The lowest BCUT2D eigenvalue weighted by Crippen LogP contribution is -2.63. The first kappa shape index (κ1) is 17.2. The fourth-order valence-electron chi connectivity index (χ4n) is 3.44. The van der Waals surface area contributed by atoms with Crippen molar-refractivity contribution < 1.29 is 8.42 Å². The number of H-pyrrole nitrogens is 1. The molecule has 0 bridgehead atoms. The van der Waals surface area contributed by atoms with Crippen LogP contribution in [0.2, 0.25) is 0 Å². The van der Waals surface area contributed by atoms with Crippen LogP contribution >= 0.6 is 0 Å². The zero-order valence-corrected chi connectivity index (χ0v) is 15.2. The number of sulfonamides is 1. The molecule has 1 saturated heterocycles. The van der Waals surface area contributed by atoms with Crippen molar-refractivity contribution >= 4 is 21.1 Å². The number of nitrogens with zero attached hydrogens (tertiary/aromatic N) is 6. The highest BCUT2D eigenvalue weighted by Crippen LogP contribution is 2.36. The number of hydrogen-bond acceptors (Lipinski definition) is 6. The molecule has 1 fully saturated rings. The van der Waals surface area contributed by atoms with Crippen LogP contribution < -0.4 is 0 Å². The van der Waals surface area contributed by atoms with Crippen LogP contribution in [0.5, 0.6) is 0 Å². The number of fused-ring (bicyclic) bond motifs is 1. The Kier molecular flexibility index (Phi) is 3.77. The molecule has 0 aromatic carbocycles. The van der Waals surface area contributed by atoms with Crippen LogP contribution in [0.3, 0.4) is 0 Å². The lowest BCUT2D eigenvalue weighted by atomic mass is 9.89. The number of hydrogen-bond donors (Lipinski definition) is 1. The predicted molar refractivity (Wildman–Crippen MR) is 96.7 cm³/mol. The van der Waals surface area contributed by atoms with Crippen LogP contribution in [0, 0.1) is 22.7 Å². The number of pyridine rings is 1. The maximum Gasteiger partial charge on any atom is 0.211 e. The van der Waals surface area contributed by atoms with E-state index in [-0.39, 0.29) is 19.5 Å². The molecule has 1 aliphatic heterocycles. The molecule has 9 nitrogen and oxygen atoms in total. The minimum atomic E-state index is -3.31.